The quantitative estimate of drug-likeness (QED) is 0.881. The third kappa shape index (κ3) is 4.06. The lowest BCUT2D eigenvalue weighted by molar-refractivity contribution is -0.125. The maximum Gasteiger partial charge on any atom is 0.246 e. The normalized spacial score (nSPS) is 10.8. The van der Waals surface area contributed by atoms with Gasteiger partial charge in [0, 0.05) is 30.0 Å². The van der Waals surface area contributed by atoms with Crippen LogP contribution in [-0.4, -0.2) is 27.8 Å². The van der Waals surface area contributed by atoms with Crippen molar-refractivity contribution in [1.82, 2.24) is 14.9 Å². The van der Waals surface area contributed by atoms with Crippen LogP contribution in [0.15, 0.2) is 47.2 Å². The van der Waals surface area contributed by atoms with Crippen molar-refractivity contribution < 1.29 is 4.79 Å². The van der Waals surface area contributed by atoms with Crippen LogP contribution in [0.4, 0.5) is 0 Å². The predicted octanol–water partition coefficient (Wildman–Crippen LogP) is 2.84. The molecule has 1 amide bonds. The van der Waals surface area contributed by atoms with E-state index in [2.05, 4.69) is 25.9 Å². The number of benzene rings is 1. The van der Waals surface area contributed by atoms with E-state index < -0.39 is 0 Å². The zero-order valence-corrected chi connectivity index (χ0v) is 12.1. The number of aromatic nitrogens is 2. The predicted molar refractivity (Wildman–Crippen MR) is 78.2 cm³/mol. The minimum absolute atomic E-state index is 0.0562. The number of H-pyrrole nitrogens is 1. The Labute approximate surface area is 120 Å². The van der Waals surface area contributed by atoms with Crippen molar-refractivity contribution in [3.8, 4) is 0 Å². The highest BCUT2D eigenvalue weighted by Gasteiger charge is 2.06. The Bertz CT molecular complexity index is 561. The second kappa shape index (κ2) is 6.33. The fourth-order valence-electron chi connectivity index (χ4n) is 1.56. The lowest BCUT2D eigenvalue weighted by Gasteiger charge is -2.12. The van der Waals surface area contributed by atoms with Gasteiger partial charge in [0.2, 0.25) is 5.91 Å². The van der Waals surface area contributed by atoms with E-state index in [1.54, 1.807) is 36.5 Å². The summed E-state index contributed by atoms with van der Waals surface area (Å²) in [5.74, 6) is 0.715. The van der Waals surface area contributed by atoms with Crippen molar-refractivity contribution in [3.05, 3.63) is 58.6 Å². The van der Waals surface area contributed by atoms with Gasteiger partial charge in [-0.25, -0.2) is 4.98 Å². The number of amides is 1. The Balaban J connectivity index is 1.94. The van der Waals surface area contributed by atoms with Crippen LogP contribution < -0.4 is 0 Å². The first kappa shape index (κ1) is 13.5. The van der Waals surface area contributed by atoms with E-state index in [1.807, 2.05) is 24.3 Å². The summed E-state index contributed by atoms with van der Waals surface area (Å²) in [5.41, 5.74) is 0.989. The molecule has 0 aliphatic heterocycles. The molecule has 0 radical (unpaired) electrons. The van der Waals surface area contributed by atoms with Gasteiger partial charge in [-0.15, -0.1) is 0 Å². The van der Waals surface area contributed by atoms with Gasteiger partial charge in [0.05, 0.1) is 6.54 Å². The zero-order valence-electron chi connectivity index (χ0n) is 10.5. The molecule has 0 unspecified atom stereocenters. The van der Waals surface area contributed by atoms with Gasteiger partial charge in [-0.05, 0) is 23.8 Å². The summed E-state index contributed by atoms with van der Waals surface area (Å²) in [6, 6.07) is 7.77. The van der Waals surface area contributed by atoms with E-state index in [4.69, 9.17) is 0 Å². The number of nitrogens with zero attached hydrogens (tertiary/aromatic N) is 2. The first-order valence-corrected chi connectivity index (χ1v) is 6.61. The first-order valence-electron chi connectivity index (χ1n) is 5.82. The molecule has 0 bridgehead atoms. The standard InChI is InChI=1S/C14H14BrN3O/c1-18(10-13-16-8-9-17-13)14(19)7-4-11-2-5-12(15)6-3-11/h2-9H,10H2,1H3,(H,16,17). The van der Waals surface area contributed by atoms with Crippen LogP contribution in [0.1, 0.15) is 11.4 Å². The van der Waals surface area contributed by atoms with Gasteiger partial charge in [-0.1, -0.05) is 28.1 Å². The smallest absolute Gasteiger partial charge is 0.246 e. The van der Waals surface area contributed by atoms with Crippen LogP contribution in [0.2, 0.25) is 0 Å². The third-order valence-electron chi connectivity index (χ3n) is 2.61. The molecule has 0 saturated heterocycles. The maximum absolute atomic E-state index is 11.9. The average Bonchev–Trinajstić information content (AvgIpc) is 2.90. The molecular weight excluding hydrogens is 306 g/mol. The highest BCUT2D eigenvalue weighted by atomic mass is 79.9. The molecule has 0 spiro atoms. The number of aromatic amines is 1. The fourth-order valence-corrected chi connectivity index (χ4v) is 1.82. The van der Waals surface area contributed by atoms with Crippen molar-refractivity contribution in [2.75, 3.05) is 7.05 Å². The number of halogens is 1. The molecule has 1 N–H and O–H groups in total. The molecule has 0 atom stereocenters. The number of rotatable bonds is 4. The number of carbonyl (C=O) groups excluding carboxylic acids is 1. The van der Waals surface area contributed by atoms with E-state index in [-0.39, 0.29) is 5.91 Å². The molecule has 0 fully saturated rings. The largest absolute Gasteiger partial charge is 0.347 e. The molecule has 0 saturated carbocycles. The highest BCUT2D eigenvalue weighted by molar-refractivity contribution is 9.10. The average molecular weight is 320 g/mol. The van der Waals surface area contributed by atoms with Crippen molar-refractivity contribution in [2.24, 2.45) is 0 Å². The van der Waals surface area contributed by atoms with Crippen molar-refractivity contribution in [1.29, 1.82) is 0 Å². The van der Waals surface area contributed by atoms with Crippen LogP contribution in [0.3, 0.4) is 0 Å². The van der Waals surface area contributed by atoms with Gasteiger partial charge < -0.3 is 9.88 Å². The van der Waals surface area contributed by atoms with Gasteiger partial charge >= 0.3 is 0 Å². The second-order valence-corrected chi connectivity index (χ2v) is 5.03. The Morgan fingerprint density at radius 2 is 2.16 bits per heavy atom. The second-order valence-electron chi connectivity index (χ2n) is 4.12. The van der Waals surface area contributed by atoms with Gasteiger partial charge in [0.1, 0.15) is 5.82 Å². The number of nitrogens with one attached hydrogen (secondary N) is 1. The summed E-state index contributed by atoms with van der Waals surface area (Å²) in [6.45, 7) is 0.469. The minimum Gasteiger partial charge on any atom is -0.347 e. The van der Waals surface area contributed by atoms with Gasteiger partial charge in [0.15, 0.2) is 0 Å². The van der Waals surface area contributed by atoms with Crippen LogP contribution in [0.5, 0.6) is 0 Å². The van der Waals surface area contributed by atoms with E-state index in [9.17, 15) is 4.79 Å². The molecular formula is C14H14BrN3O. The van der Waals surface area contributed by atoms with Crippen LogP contribution in [0.25, 0.3) is 6.08 Å². The van der Waals surface area contributed by atoms with Gasteiger partial charge in [0.25, 0.3) is 0 Å². The van der Waals surface area contributed by atoms with E-state index in [0.29, 0.717) is 6.54 Å². The SMILES string of the molecule is CN(Cc1ncc[nH]1)C(=O)C=Cc1ccc(Br)cc1. The number of likely N-dealkylation sites (N-methyl/N-ethyl adjacent to an activating group) is 1. The number of carbonyl (C=O) groups is 1. The van der Waals surface area contributed by atoms with E-state index in [1.165, 1.54) is 0 Å². The molecule has 0 aliphatic rings. The number of hydrogen-bond donors (Lipinski definition) is 1. The van der Waals surface area contributed by atoms with Crippen molar-refractivity contribution in [3.63, 3.8) is 0 Å². The molecule has 19 heavy (non-hydrogen) atoms. The molecule has 4 nitrogen and oxygen atoms in total. The molecule has 98 valence electrons. The Morgan fingerprint density at radius 1 is 1.42 bits per heavy atom. The molecule has 2 rings (SSSR count). The summed E-state index contributed by atoms with van der Waals surface area (Å²) < 4.78 is 1.02. The lowest BCUT2D eigenvalue weighted by Crippen LogP contribution is -2.24. The summed E-state index contributed by atoms with van der Waals surface area (Å²) in [6.07, 6.45) is 6.77. The summed E-state index contributed by atoms with van der Waals surface area (Å²) in [7, 11) is 1.75. The fraction of sp³-hybridized carbons (Fsp3) is 0.143. The molecule has 0 aliphatic carbocycles. The van der Waals surface area contributed by atoms with Gasteiger partial charge in [-0.2, -0.15) is 0 Å². The molecule has 2 aromatic rings. The summed E-state index contributed by atoms with van der Waals surface area (Å²) >= 11 is 3.37. The Kier molecular flexibility index (Phi) is 4.52. The van der Waals surface area contributed by atoms with E-state index in [0.717, 1.165) is 15.9 Å². The maximum atomic E-state index is 11.9. The van der Waals surface area contributed by atoms with Crippen molar-refractivity contribution >= 4 is 27.9 Å². The van der Waals surface area contributed by atoms with Crippen molar-refractivity contribution in [2.45, 2.75) is 6.54 Å². The Morgan fingerprint density at radius 3 is 2.79 bits per heavy atom. The van der Waals surface area contributed by atoms with E-state index >= 15 is 0 Å². The van der Waals surface area contributed by atoms with Crippen LogP contribution in [0, 0.1) is 0 Å². The number of imidazole rings is 1. The Hall–Kier alpha value is -1.88. The third-order valence-corrected chi connectivity index (χ3v) is 3.14. The highest BCUT2D eigenvalue weighted by Crippen LogP contribution is 2.11. The first-order chi connectivity index (χ1) is 9.15. The lowest BCUT2D eigenvalue weighted by atomic mass is 10.2. The molecule has 1 aromatic carbocycles. The minimum atomic E-state index is -0.0562. The topological polar surface area (TPSA) is 49.0 Å². The van der Waals surface area contributed by atoms with Crippen LogP contribution in [-0.2, 0) is 11.3 Å². The molecule has 1 heterocycles. The summed E-state index contributed by atoms with van der Waals surface area (Å²) in [5, 5.41) is 0. The summed E-state index contributed by atoms with van der Waals surface area (Å²) in [4.78, 5) is 20.6. The molecule has 5 heteroatoms. The zero-order chi connectivity index (χ0) is 13.7. The van der Waals surface area contributed by atoms with Crippen LogP contribution >= 0.6 is 15.9 Å². The monoisotopic (exact) mass is 319 g/mol. The molecule has 1 aromatic heterocycles. The van der Waals surface area contributed by atoms with Gasteiger partial charge in [-0.3, -0.25) is 4.79 Å². The number of hydrogen-bond acceptors (Lipinski definition) is 2.